The van der Waals surface area contributed by atoms with Crippen LogP contribution in [0.15, 0.2) is 42.0 Å². The zero-order chi connectivity index (χ0) is 13.4. The van der Waals surface area contributed by atoms with Gasteiger partial charge in [0.1, 0.15) is 5.57 Å². The molecule has 0 amide bonds. The minimum atomic E-state index is -0.677. The summed E-state index contributed by atoms with van der Waals surface area (Å²) < 4.78 is 8.97. The molecule has 4 nitrogen and oxygen atoms in total. The van der Waals surface area contributed by atoms with Gasteiger partial charge in [-0.3, -0.25) is 0 Å². The third kappa shape index (κ3) is 4.14. The smallest absolute Gasteiger partial charge is 0.346 e. The average molecular weight is 244 g/mol. The lowest BCUT2D eigenvalue weighted by Gasteiger charge is -1.97. The summed E-state index contributed by atoms with van der Waals surface area (Å²) in [7, 11) is 2.44. The second-order valence-electron chi connectivity index (χ2n) is 3.19. The van der Waals surface area contributed by atoms with Crippen LogP contribution in [0.5, 0.6) is 0 Å². The predicted octanol–water partition coefficient (Wildman–Crippen LogP) is 1.31. The lowest BCUT2D eigenvalue weighted by Crippen LogP contribution is -2.06. The van der Waals surface area contributed by atoms with Crippen molar-refractivity contribution in [3.05, 3.63) is 47.5 Å². The van der Waals surface area contributed by atoms with Crippen LogP contribution < -0.4 is 0 Å². The molecule has 92 valence electrons. The highest BCUT2D eigenvalue weighted by molar-refractivity contribution is 6.00. The molecule has 0 fully saturated rings. The molecule has 0 bridgehead atoms. The second kappa shape index (κ2) is 6.92. The summed E-state index contributed by atoms with van der Waals surface area (Å²) in [6, 6.07) is 9.09. The van der Waals surface area contributed by atoms with Crippen molar-refractivity contribution in [2.75, 3.05) is 14.2 Å². The quantitative estimate of drug-likeness (QED) is 0.447. The number of methoxy groups -OCH3 is 2. The molecule has 0 heterocycles. The van der Waals surface area contributed by atoms with Crippen LogP contribution in [0.3, 0.4) is 0 Å². The van der Waals surface area contributed by atoms with E-state index in [2.05, 4.69) is 21.3 Å². The molecule has 0 aliphatic heterocycles. The first-order chi connectivity index (χ1) is 8.67. The van der Waals surface area contributed by atoms with Gasteiger partial charge >= 0.3 is 11.9 Å². The fourth-order valence-corrected chi connectivity index (χ4v) is 1.09. The molecule has 0 aromatic heterocycles. The van der Waals surface area contributed by atoms with Crippen LogP contribution in [0.25, 0.3) is 0 Å². The molecule has 0 saturated heterocycles. The van der Waals surface area contributed by atoms with Crippen molar-refractivity contribution < 1.29 is 19.1 Å². The second-order valence-corrected chi connectivity index (χ2v) is 3.19. The maximum atomic E-state index is 11.4. The number of carbonyl (C=O) groups is 2. The van der Waals surface area contributed by atoms with Crippen LogP contribution in [0, 0.1) is 11.8 Å². The monoisotopic (exact) mass is 244 g/mol. The Kier molecular flexibility index (Phi) is 5.20. The fraction of sp³-hybridized carbons (Fsp3) is 0.143. The van der Waals surface area contributed by atoms with E-state index in [-0.39, 0.29) is 5.57 Å². The highest BCUT2D eigenvalue weighted by Crippen LogP contribution is 2.00. The van der Waals surface area contributed by atoms with E-state index < -0.39 is 11.9 Å². The first kappa shape index (κ1) is 13.5. The van der Waals surface area contributed by atoms with Gasteiger partial charge in [-0.25, -0.2) is 9.59 Å². The van der Waals surface area contributed by atoms with Crippen molar-refractivity contribution >= 4 is 11.9 Å². The van der Waals surface area contributed by atoms with E-state index in [1.54, 1.807) is 12.1 Å². The van der Waals surface area contributed by atoms with E-state index in [0.29, 0.717) is 0 Å². The fourth-order valence-electron chi connectivity index (χ4n) is 1.09. The lowest BCUT2D eigenvalue weighted by atomic mass is 10.2. The minimum absolute atomic E-state index is 0.0480. The zero-order valence-corrected chi connectivity index (χ0v) is 10.1. The Morgan fingerprint density at radius 2 is 1.78 bits per heavy atom. The maximum absolute atomic E-state index is 11.4. The zero-order valence-electron chi connectivity index (χ0n) is 10.1. The third-order valence-electron chi connectivity index (χ3n) is 1.98. The van der Waals surface area contributed by atoms with E-state index in [0.717, 1.165) is 11.6 Å². The number of benzene rings is 1. The van der Waals surface area contributed by atoms with E-state index >= 15 is 0 Å². The molecule has 4 heteroatoms. The molecule has 0 aliphatic carbocycles. The van der Waals surface area contributed by atoms with Crippen LogP contribution in [-0.2, 0) is 19.1 Å². The van der Waals surface area contributed by atoms with Crippen LogP contribution in [-0.4, -0.2) is 26.2 Å². The number of esters is 2. The summed E-state index contributed by atoms with van der Waals surface area (Å²) in [6.07, 6.45) is 1.00. The van der Waals surface area contributed by atoms with Gasteiger partial charge in [-0.2, -0.15) is 0 Å². The Morgan fingerprint density at radius 3 is 2.33 bits per heavy atom. The van der Waals surface area contributed by atoms with E-state index in [9.17, 15) is 9.59 Å². The molecule has 0 N–H and O–H groups in total. The first-order valence-corrected chi connectivity index (χ1v) is 5.12. The summed E-state index contributed by atoms with van der Waals surface area (Å²) in [4.78, 5) is 22.5. The van der Waals surface area contributed by atoms with E-state index in [4.69, 9.17) is 0 Å². The summed E-state index contributed by atoms with van der Waals surface area (Å²) in [5, 5.41) is 0. The summed E-state index contributed by atoms with van der Waals surface area (Å²) >= 11 is 0. The molecule has 0 radical (unpaired) electrons. The number of ether oxygens (including phenoxy) is 2. The van der Waals surface area contributed by atoms with Gasteiger partial charge in [0.25, 0.3) is 0 Å². The van der Waals surface area contributed by atoms with Crippen molar-refractivity contribution in [3.8, 4) is 11.8 Å². The van der Waals surface area contributed by atoms with Gasteiger partial charge in [0.2, 0.25) is 0 Å². The Labute approximate surface area is 105 Å². The van der Waals surface area contributed by atoms with Crippen molar-refractivity contribution in [1.29, 1.82) is 0 Å². The van der Waals surface area contributed by atoms with Gasteiger partial charge in [-0.1, -0.05) is 30.0 Å². The molecule has 1 aromatic rings. The van der Waals surface area contributed by atoms with E-state index in [1.165, 1.54) is 14.2 Å². The van der Waals surface area contributed by atoms with Crippen LogP contribution in [0.1, 0.15) is 5.56 Å². The van der Waals surface area contributed by atoms with Gasteiger partial charge in [-0.05, 0) is 12.1 Å². The van der Waals surface area contributed by atoms with Gasteiger partial charge in [0.15, 0.2) is 0 Å². The predicted molar refractivity (Wildman–Crippen MR) is 65.4 cm³/mol. The number of carbonyl (C=O) groups excluding carboxylic acids is 2. The maximum Gasteiger partial charge on any atom is 0.346 e. The summed E-state index contributed by atoms with van der Waals surface area (Å²) in [6.45, 7) is 0. The normalized spacial score (nSPS) is 10.0. The van der Waals surface area contributed by atoms with Gasteiger partial charge in [0.05, 0.1) is 14.2 Å². The van der Waals surface area contributed by atoms with Gasteiger partial charge in [0, 0.05) is 11.6 Å². The lowest BCUT2D eigenvalue weighted by molar-refractivity contribution is -0.138. The molecule has 0 atom stereocenters. The molecule has 0 spiro atoms. The largest absolute Gasteiger partial charge is 0.466 e. The third-order valence-corrected chi connectivity index (χ3v) is 1.98. The molecular formula is C14H12O4. The van der Waals surface area contributed by atoms with Crippen molar-refractivity contribution in [2.45, 2.75) is 0 Å². The van der Waals surface area contributed by atoms with Crippen LogP contribution in [0.2, 0.25) is 0 Å². The molecule has 1 rings (SSSR count). The number of hydrogen-bond donors (Lipinski definition) is 0. The van der Waals surface area contributed by atoms with Gasteiger partial charge < -0.3 is 9.47 Å². The molecular weight excluding hydrogens is 232 g/mol. The highest BCUT2D eigenvalue weighted by Gasteiger charge is 2.09. The average Bonchev–Trinajstić information content (AvgIpc) is 2.43. The molecule has 0 unspecified atom stereocenters. The van der Waals surface area contributed by atoms with Gasteiger partial charge in [-0.15, -0.1) is 0 Å². The first-order valence-electron chi connectivity index (χ1n) is 5.12. The molecule has 1 aromatic carbocycles. The van der Waals surface area contributed by atoms with Crippen molar-refractivity contribution in [2.24, 2.45) is 0 Å². The Balaban J connectivity index is 3.00. The molecule has 0 aliphatic rings. The number of hydrogen-bond acceptors (Lipinski definition) is 4. The van der Waals surface area contributed by atoms with Crippen LogP contribution in [0.4, 0.5) is 0 Å². The topological polar surface area (TPSA) is 52.6 Å². The molecule has 0 saturated carbocycles. The van der Waals surface area contributed by atoms with E-state index in [1.807, 2.05) is 18.2 Å². The molecule has 18 heavy (non-hydrogen) atoms. The SMILES string of the molecule is COC(=O)/C=C(/C#Cc1ccccc1)C(=O)OC. The minimum Gasteiger partial charge on any atom is -0.466 e. The van der Waals surface area contributed by atoms with Crippen molar-refractivity contribution in [3.63, 3.8) is 0 Å². The Bertz CT molecular complexity index is 518. The summed E-state index contributed by atoms with van der Waals surface area (Å²) in [5.74, 6) is 4.02. The highest BCUT2D eigenvalue weighted by atomic mass is 16.5. The number of rotatable bonds is 2. The Hall–Kier alpha value is -2.54. The standard InChI is InChI=1S/C14H12O4/c1-17-13(15)10-12(14(16)18-2)9-8-11-6-4-3-5-7-11/h3-7,10H,1-2H3/b12-10-. The van der Waals surface area contributed by atoms with Crippen LogP contribution >= 0.6 is 0 Å². The summed E-state index contributed by atoms with van der Waals surface area (Å²) in [5.41, 5.74) is 0.686. The van der Waals surface area contributed by atoms with Crippen molar-refractivity contribution in [1.82, 2.24) is 0 Å². The Morgan fingerprint density at radius 1 is 1.11 bits per heavy atom.